The average Bonchev–Trinajstić information content (AvgIpc) is 2.54. The number of hydrogen-bond acceptors (Lipinski definition) is 3. The molecule has 0 saturated carbocycles. The van der Waals surface area contributed by atoms with E-state index >= 15 is 0 Å². The van der Waals surface area contributed by atoms with Gasteiger partial charge in [-0.1, -0.05) is 16.8 Å². The molecule has 3 aliphatic rings. The first-order chi connectivity index (χ1) is 10.9. The fourth-order valence-electron chi connectivity index (χ4n) is 4.03. The molecule has 1 aromatic rings. The number of nitrogens with zero attached hydrogens (tertiary/aromatic N) is 2. The molecule has 0 radical (unpaired) electrons. The van der Waals surface area contributed by atoms with Crippen LogP contribution in [0.2, 0.25) is 5.02 Å². The number of amidine groups is 1. The van der Waals surface area contributed by atoms with E-state index in [9.17, 15) is 9.60 Å². The number of piperidine rings is 3. The molecule has 0 unspecified atom stereocenters. The van der Waals surface area contributed by atoms with Gasteiger partial charge in [-0.3, -0.25) is 4.90 Å². The van der Waals surface area contributed by atoms with Gasteiger partial charge in [-0.2, -0.15) is 0 Å². The molecule has 3 aliphatic heterocycles. The van der Waals surface area contributed by atoms with Crippen LogP contribution in [0.1, 0.15) is 37.8 Å². The third-order valence-corrected chi connectivity index (χ3v) is 5.96. The molecule has 0 aromatic heterocycles. The smallest absolute Gasteiger partial charge is 0.175 e. The molecule has 126 valence electrons. The maximum atomic E-state index is 14.5. The maximum Gasteiger partial charge on any atom is 0.175 e. The third kappa shape index (κ3) is 2.70. The van der Waals surface area contributed by atoms with Gasteiger partial charge in [0, 0.05) is 22.2 Å². The van der Waals surface area contributed by atoms with Gasteiger partial charge in [0.2, 0.25) is 0 Å². The fourth-order valence-corrected chi connectivity index (χ4v) is 4.18. The van der Waals surface area contributed by atoms with E-state index in [1.807, 2.05) is 0 Å². The Labute approximate surface area is 141 Å². The standard InChI is InChI=1S/C17H23ClFN3O/c1-10-13(18)5-4-12(14(10)19)16(21-23)20-15-11-6-8-22(9-7-11)17(15,2)3/h4-5,11,15,23H,6-9H2,1-3H3,(H,20,21)/t15-/m1/s1. The van der Waals surface area contributed by atoms with Crippen molar-refractivity contribution in [3.05, 3.63) is 34.1 Å². The van der Waals surface area contributed by atoms with Crippen molar-refractivity contribution >= 4 is 17.4 Å². The Morgan fingerprint density at radius 3 is 2.61 bits per heavy atom. The Hall–Kier alpha value is -1.33. The van der Waals surface area contributed by atoms with Crippen LogP contribution in [0.3, 0.4) is 0 Å². The first-order valence-electron chi connectivity index (χ1n) is 8.05. The van der Waals surface area contributed by atoms with Crippen LogP contribution in [-0.4, -0.2) is 40.6 Å². The van der Waals surface area contributed by atoms with E-state index in [0.29, 0.717) is 16.5 Å². The van der Waals surface area contributed by atoms with Gasteiger partial charge in [-0.15, -0.1) is 0 Å². The molecule has 4 rings (SSSR count). The topological polar surface area (TPSA) is 47.9 Å². The molecular formula is C17H23ClFN3O. The largest absolute Gasteiger partial charge is 0.409 e. The fraction of sp³-hybridized carbons (Fsp3) is 0.588. The van der Waals surface area contributed by atoms with Crippen molar-refractivity contribution in [3.63, 3.8) is 0 Å². The van der Waals surface area contributed by atoms with Gasteiger partial charge in [-0.25, -0.2) is 4.39 Å². The SMILES string of the molecule is Cc1c(Cl)ccc(/C(=N\O)N[C@@H]2C3CCN(CC3)C2(C)C)c1F. The van der Waals surface area contributed by atoms with E-state index in [0.717, 1.165) is 25.9 Å². The second kappa shape index (κ2) is 5.95. The molecule has 0 amide bonds. The zero-order valence-corrected chi connectivity index (χ0v) is 14.5. The first kappa shape index (κ1) is 16.5. The summed E-state index contributed by atoms with van der Waals surface area (Å²) in [5, 5.41) is 16.5. The quantitative estimate of drug-likeness (QED) is 0.376. The summed E-state index contributed by atoms with van der Waals surface area (Å²) in [6.45, 7) is 8.18. The molecule has 23 heavy (non-hydrogen) atoms. The highest BCUT2D eigenvalue weighted by Gasteiger charge is 2.48. The minimum absolute atomic E-state index is 0.0605. The van der Waals surface area contributed by atoms with Crippen LogP contribution >= 0.6 is 11.6 Å². The lowest BCUT2D eigenvalue weighted by atomic mass is 9.72. The summed E-state index contributed by atoms with van der Waals surface area (Å²) in [6.07, 6.45) is 2.23. The van der Waals surface area contributed by atoms with Crippen molar-refractivity contribution in [3.8, 4) is 0 Å². The monoisotopic (exact) mass is 339 g/mol. The Balaban J connectivity index is 1.90. The van der Waals surface area contributed by atoms with Gasteiger partial charge >= 0.3 is 0 Å². The first-order valence-corrected chi connectivity index (χ1v) is 8.42. The second-order valence-corrected chi connectivity index (χ2v) is 7.49. The summed E-state index contributed by atoms with van der Waals surface area (Å²) >= 11 is 5.95. The number of benzene rings is 1. The Bertz CT molecular complexity index is 639. The van der Waals surface area contributed by atoms with Crippen LogP contribution in [-0.2, 0) is 0 Å². The summed E-state index contributed by atoms with van der Waals surface area (Å²) in [4.78, 5) is 2.45. The molecule has 3 saturated heterocycles. The minimum atomic E-state index is -0.447. The van der Waals surface area contributed by atoms with Gasteiger partial charge in [-0.05, 0) is 64.8 Å². The summed E-state index contributed by atoms with van der Waals surface area (Å²) in [5.74, 6) is 0.231. The van der Waals surface area contributed by atoms with Gasteiger partial charge in [0.25, 0.3) is 0 Å². The van der Waals surface area contributed by atoms with Crippen LogP contribution in [0.15, 0.2) is 17.3 Å². The number of nitrogens with one attached hydrogen (secondary N) is 1. The molecule has 2 bridgehead atoms. The number of halogens is 2. The third-order valence-electron chi connectivity index (χ3n) is 5.55. The Kier molecular flexibility index (Phi) is 4.27. The number of rotatable bonds is 2. The molecule has 0 spiro atoms. The molecule has 6 heteroatoms. The van der Waals surface area contributed by atoms with E-state index in [-0.39, 0.29) is 23.0 Å². The molecule has 3 fully saturated rings. The molecule has 4 nitrogen and oxygen atoms in total. The summed E-state index contributed by atoms with van der Waals surface area (Å²) in [6, 6.07) is 3.30. The summed E-state index contributed by atoms with van der Waals surface area (Å²) in [5.41, 5.74) is 0.552. The zero-order chi connectivity index (χ0) is 16.8. The number of oxime groups is 1. The molecule has 3 heterocycles. The Morgan fingerprint density at radius 2 is 2.04 bits per heavy atom. The molecule has 1 atom stereocenters. The molecule has 1 aromatic carbocycles. The second-order valence-electron chi connectivity index (χ2n) is 7.08. The minimum Gasteiger partial charge on any atom is -0.409 e. The van der Waals surface area contributed by atoms with E-state index in [4.69, 9.17) is 11.6 Å². The van der Waals surface area contributed by atoms with Gasteiger partial charge in [0.1, 0.15) is 5.82 Å². The van der Waals surface area contributed by atoms with Crippen LogP contribution in [0.5, 0.6) is 0 Å². The lowest BCUT2D eigenvalue weighted by molar-refractivity contribution is -0.0339. The predicted molar refractivity (Wildman–Crippen MR) is 89.8 cm³/mol. The Morgan fingerprint density at radius 1 is 1.39 bits per heavy atom. The van der Waals surface area contributed by atoms with Crippen LogP contribution in [0, 0.1) is 18.7 Å². The van der Waals surface area contributed by atoms with E-state index in [1.54, 1.807) is 19.1 Å². The molecular weight excluding hydrogens is 317 g/mol. The van der Waals surface area contributed by atoms with Crippen molar-refractivity contribution < 1.29 is 9.60 Å². The van der Waals surface area contributed by atoms with E-state index in [1.165, 1.54) is 0 Å². The molecule has 0 aliphatic carbocycles. The van der Waals surface area contributed by atoms with Crippen molar-refractivity contribution in [1.29, 1.82) is 0 Å². The maximum absolute atomic E-state index is 14.5. The molecule has 2 N–H and O–H groups in total. The zero-order valence-electron chi connectivity index (χ0n) is 13.7. The average molecular weight is 340 g/mol. The van der Waals surface area contributed by atoms with Crippen molar-refractivity contribution in [2.24, 2.45) is 11.1 Å². The lowest BCUT2D eigenvalue weighted by Crippen LogP contribution is -2.69. The highest BCUT2D eigenvalue weighted by Crippen LogP contribution is 2.39. The summed E-state index contributed by atoms with van der Waals surface area (Å²) < 4.78 is 14.5. The van der Waals surface area contributed by atoms with Crippen molar-refractivity contribution in [1.82, 2.24) is 10.2 Å². The van der Waals surface area contributed by atoms with Crippen LogP contribution in [0.4, 0.5) is 4.39 Å². The normalized spacial score (nSPS) is 29.6. The van der Waals surface area contributed by atoms with Crippen molar-refractivity contribution in [2.75, 3.05) is 13.1 Å². The van der Waals surface area contributed by atoms with Crippen molar-refractivity contribution in [2.45, 2.75) is 45.2 Å². The van der Waals surface area contributed by atoms with Crippen LogP contribution < -0.4 is 5.32 Å². The van der Waals surface area contributed by atoms with E-state index in [2.05, 4.69) is 29.2 Å². The highest BCUT2D eigenvalue weighted by molar-refractivity contribution is 6.31. The van der Waals surface area contributed by atoms with Gasteiger partial charge in [0.15, 0.2) is 5.84 Å². The lowest BCUT2D eigenvalue weighted by Gasteiger charge is -2.56. The van der Waals surface area contributed by atoms with Gasteiger partial charge < -0.3 is 10.5 Å². The number of hydrogen-bond donors (Lipinski definition) is 2. The van der Waals surface area contributed by atoms with Crippen LogP contribution in [0.25, 0.3) is 0 Å². The van der Waals surface area contributed by atoms with Gasteiger partial charge in [0.05, 0.1) is 5.56 Å². The summed E-state index contributed by atoms with van der Waals surface area (Å²) in [7, 11) is 0. The predicted octanol–water partition coefficient (Wildman–Crippen LogP) is 3.39. The van der Waals surface area contributed by atoms with E-state index < -0.39 is 5.82 Å². The highest BCUT2D eigenvalue weighted by atomic mass is 35.5. The number of fused-ring (bicyclic) bond motifs is 3.